The molecule has 140 valence electrons. The SMILES string of the molecule is CC1=CC2C3C=C(C)SC3C(C(C)(C)C3CCC(C(C)(C)C)C3)C2S1. The molecule has 2 heteroatoms. The van der Waals surface area contributed by atoms with Crippen LogP contribution in [0.3, 0.4) is 0 Å². The molecule has 0 N–H and O–H groups in total. The van der Waals surface area contributed by atoms with E-state index in [4.69, 9.17) is 0 Å². The van der Waals surface area contributed by atoms with Gasteiger partial charge in [-0.1, -0.05) is 46.8 Å². The summed E-state index contributed by atoms with van der Waals surface area (Å²) < 4.78 is 0. The van der Waals surface area contributed by atoms with Crippen LogP contribution in [0, 0.1) is 40.4 Å². The Kier molecular flexibility index (Phi) is 4.52. The van der Waals surface area contributed by atoms with Crippen molar-refractivity contribution in [1.82, 2.24) is 0 Å². The number of hydrogen-bond donors (Lipinski definition) is 0. The first kappa shape index (κ1) is 18.5. The van der Waals surface area contributed by atoms with E-state index in [1.54, 1.807) is 9.81 Å². The normalized spacial score (nSPS) is 43.9. The molecule has 0 amide bonds. The molecule has 0 radical (unpaired) electrons. The van der Waals surface area contributed by atoms with E-state index < -0.39 is 0 Å². The minimum atomic E-state index is 0.458. The quantitative estimate of drug-likeness (QED) is 0.493. The van der Waals surface area contributed by atoms with Crippen LogP contribution in [-0.4, -0.2) is 10.5 Å². The van der Waals surface area contributed by atoms with Crippen LogP contribution in [0.4, 0.5) is 0 Å². The predicted octanol–water partition coefficient (Wildman–Crippen LogP) is 7.38. The van der Waals surface area contributed by atoms with Crippen LogP contribution < -0.4 is 0 Å². The number of rotatable bonds is 2. The Bertz CT molecular complexity index is 574. The molecule has 2 saturated carbocycles. The molecular weight excluding hydrogens is 340 g/mol. The maximum Gasteiger partial charge on any atom is 0.0204 e. The van der Waals surface area contributed by atoms with Gasteiger partial charge in [0.2, 0.25) is 0 Å². The van der Waals surface area contributed by atoms with Crippen molar-refractivity contribution in [3.05, 3.63) is 22.0 Å². The Morgan fingerprint density at radius 3 is 1.72 bits per heavy atom. The van der Waals surface area contributed by atoms with Crippen molar-refractivity contribution in [3.8, 4) is 0 Å². The maximum atomic E-state index is 2.63. The van der Waals surface area contributed by atoms with Crippen LogP contribution in [-0.2, 0) is 0 Å². The molecule has 6 atom stereocenters. The molecule has 25 heavy (non-hydrogen) atoms. The number of allylic oxidation sites excluding steroid dienone is 4. The van der Waals surface area contributed by atoms with E-state index in [0.717, 1.165) is 40.1 Å². The van der Waals surface area contributed by atoms with Gasteiger partial charge in [-0.2, -0.15) is 0 Å². The molecule has 2 heterocycles. The van der Waals surface area contributed by atoms with Gasteiger partial charge in [-0.15, -0.1) is 23.5 Å². The molecule has 2 fully saturated rings. The van der Waals surface area contributed by atoms with E-state index in [9.17, 15) is 0 Å². The highest BCUT2D eigenvalue weighted by atomic mass is 32.2. The predicted molar refractivity (Wildman–Crippen MR) is 115 cm³/mol. The van der Waals surface area contributed by atoms with E-state index in [1.807, 2.05) is 0 Å². The molecule has 0 spiro atoms. The first-order chi connectivity index (χ1) is 11.6. The molecule has 6 unspecified atom stereocenters. The van der Waals surface area contributed by atoms with Gasteiger partial charge < -0.3 is 0 Å². The summed E-state index contributed by atoms with van der Waals surface area (Å²) in [5, 5.41) is 1.66. The largest absolute Gasteiger partial charge is 0.127 e. The lowest BCUT2D eigenvalue weighted by Gasteiger charge is -2.43. The van der Waals surface area contributed by atoms with Gasteiger partial charge in [-0.25, -0.2) is 0 Å². The summed E-state index contributed by atoms with van der Waals surface area (Å²) in [6.45, 7) is 17.3. The van der Waals surface area contributed by atoms with E-state index in [1.165, 1.54) is 19.3 Å². The van der Waals surface area contributed by atoms with Crippen LogP contribution in [0.2, 0.25) is 0 Å². The first-order valence-electron chi connectivity index (χ1n) is 10.3. The fourth-order valence-corrected chi connectivity index (χ4v) is 10.0. The van der Waals surface area contributed by atoms with Crippen molar-refractivity contribution in [2.24, 2.45) is 40.4 Å². The number of thioether (sulfide) groups is 2. The summed E-state index contributed by atoms with van der Waals surface area (Å²) in [4.78, 5) is 3.16. The van der Waals surface area contributed by atoms with Gasteiger partial charge in [0.25, 0.3) is 0 Å². The molecule has 4 rings (SSSR count). The summed E-state index contributed by atoms with van der Waals surface area (Å²) in [5.41, 5.74) is 0.936. The van der Waals surface area contributed by atoms with E-state index in [0.29, 0.717) is 10.8 Å². The van der Waals surface area contributed by atoms with Crippen molar-refractivity contribution in [1.29, 1.82) is 0 Å². The summed E-state index contributed by atoms with van der Waals surface area (Å²) in [6, 6.07) is 0. The number of fused-ring (bicyclic) bond motifs is 3. The highest BCUT2D eigenvalue weighted by Gasteiger charge is 2.59. The molecule has 2 aliphatic carbocycles. The minimum Gasteiger partial charge on any atom is -0.127 e. The van der Waals surface area contributed by atoms with E-state index in [-0.39, 0.29) is 0 Å². The van der Waals surface area contributed by atoms with Gasteiger partial charge in [0, 0.05) is 10.5 Å². The van der Waals surface area contributed by atoms with Crippen LogP contribution in [0.1, 0.15) is 67.7 Å². The average Bonchev–Trinajstić information content (AvgIpc) is 3.18. The van der Waals surface area contributed by atoms with Crippen molar-refractivity contribution in [2.75, 3.05) is 0 Å². The fourth-order valence-electron chi connectivity index (χ4n) is 6.43. The zero-order valence-electron chi connectivity index (χ0n) is 17.1. The van der Waals surface area contributed by atoms with Gasteiger partial charge in [-0.3, -0.25) is 0 Å². The maximum absolute atomic E-state index is 2.63. The zero-order chi connectivity index (χ0) is 18.1. The Labute approximate surface area is 164 Å². The molecule has 2 aliphatic heterocycles. The van der Waals surface area contributed by atoms with Gasteiger partial charge in [0.05, 0.1) is 0 Å². The monoisotopic (exact) mass is 376 g/mol. The van der Waals surface area contributed by atoms with E-state index in [2.05, 4.69) is 84.1 Å². The second-order valence-corrected chi connectivity index (χ2v) is 13.6. The lowest BCUT2D eigenvalue weighted by molar-refractivity contribution is 0.113. The number of hydrogen-bond acceptors (Lipinski definition) is 2. The smallest absolute Gasteiger partial charge is 0.0204 e. The second kappa shape index (κ2) is 6.09. The Balaban J connectivity index is 1.60. The fraction of sp³-hybridized carbons (Fsp3) is 0.826. The van der Waals surface area contributed by atoms with Gasteiger partial charge in [-0.05, 0) is 83.3 Å². The lowest BCUT2D eigenvalue weighted by Crippen LogP contribution is -2.40. The summed E-state index contributed by atoms with van der Waals surface area (Å²) in [6.07, 6.45) is 9.59. The van der Waals surface area contributed by atoms with Gasteiger partial charge in [0.1, 0.15) is 0 Å². The third kappa shape index (κ3) is 2.98. The van der Waals surface area contributed by atoms with Crippen molar-refractivity contribution in [3.63, 3.8) is 0 Å². The summed E-state index contributed by atoms with van der Waals surface area (Å²) >= 11 is 4.43. The molecule has 0 aromatic heterocycles. The lowest BCUT2D eigenvalue weighted by atomic mass is 9.66. The van der Waals surface area contributed by atoms with E-state index >= 15 is 0 Å². The minimum absolute atomic E-state index is 0.458. The molecule has 0 aromatic rings. The van der Waals surface area contributed by atoms with Gasteiger partial charge >= 0.3 is 0 Å². The third-order valence-corrected chi connectivity index (χ3v) is 10.8. The first-order valence-corrected chi connectivity index (χ1v) is 12.0. The average molecular weight is 377 g/mol. The van der Waals surface area contributed by atoms with Crippen LogP contribution >= 0.6 is 23.5 Å². The summed E-state index contributed by atoms with van der Waals surface area (Å²) in [5.74, 6) is 4.26. The standard InChI is InChI=1S/C23H36S2/c1-13-10-17-18-11-14(2)25-21(18)19(20(17)24-13)23(6,7)16-9-8-15(12-16)22(3,4)5/h10-11,15-21H,8-9,12H2,1-7H3. The van der Waals surface area contributed by atoms with Crippen molar-refractivity contribution >= 4 is 23.5 Å². The summed E-state index contributed by atoms with van der Waals surface area (Å²) in [7, 11) is 0. The molecule has 0 saturated heterocycles. The Morgan fingerprint density at radius 1 is 0.800 bits per heavy atom. The van der Waals surface area contributed by atoms with Gasteiger partial charge in [0.15, 0.2) is 0 Å². The molecular formula is C23H36S2. The molecule has 0 bridgehead atoms. The van der Waals surface area contributed by atoms with Crippen molar-refractivity contribution in [2.45, 2.75) is 78.2 Å². The highest BCUT2D eigenvalue weighted by molar-refractivity contribution is 8.05. The highest BCUT2D eigenvalue weighted by Crippen LogP contribution is 2.66. The van der Waals surface area contributed by atoms with Crippen molar-refractivity contribution < 1.29 is 0 Å². The van der Waals surface area contributed by atoms with Crippen LogP contribution in [0.5, 0.6) is 0 Å². The molecule has 4 aliphatic rings. The third-order valence-electron chi connectivity index (χ3n) is 7.98. The van der Waals surface area contributed by atoms with Crippen LogP contribution in [0.25, 0.3) is 0 Å². The topological polar surface area (TPSA) is 0 Å². The molecule has 0 nitrogen and oxygen atoms in total. The second-order valence-electron chi connectivity index (χ2n) is 10.8. The molecule has 0 aromatic carbocycles. The van der Waals surface area contributed by atoms with Crippen LogP contribution in [0.15, 0.2) is 22.0 Å². The Morgan fingerprint density at radius 2 is 1.28 bits per heavy atom. The zero-order valence-corrected chi connectivity index (χ0v) is 18.8. The Hall–Kier alpha value is 0.180.